The Balaban J connectivity index is 0.000000128. The second-order valence-electron chi connectivity index (χ2n) is 31.4. The third kappa shape index (κ3) is 16.9. The summed E-state index contributed by atoms with van der Waals surface area (Å²) in [4.78, 5) is 148. The van der Waals surface area contributed by atoms with Gasteiger partial charge in [-0.3, -0.25) is 43.5 Å². The molecule has 0 spiro atoms. The molecule has 8 aliphatic heterocycles. The zero-order chi connectivity index (χ0) is 85.8. The molecule has 17 heterocycles. The van der Waals surface area contributed by atoms with Crippen LogP contribution in [-0.2, 0) is 38.8 Å². The van der Waals surface area contributed by atoms with Crippen molar-refractivity contribution >= 4 is 126 Å². The number of hydrogen-bond acceptors (Lipinski definition) is 27. The molecule has 12 aromatic rings. The van der Waals surface area contributed by atoms with Crippen molar-refractivity contribution in [3.05, 3.63) is 195 Å². The van der Waals surface area contributed by atoms with Crippen molar-refractivity contribution in [1.29, 1.82) is 0 Å². The number of allylic oxidation sites excluding steroid dienone is 6. The number of aromatic nitrogens is 15. The number of carbonyl (C=O) groups is 4. The molecular formula is C88H94N26O11. The molecule has 642 valence electrons. The molecule has 125 heavy (non-hydrogen) atoms. The summed E-state index contributed by atoms with van der Waals surface area (Å²) in [6.45, 7) is 9.23. The van der Waals surface area contributed by atoms with Gasteiger partial charge in [-0.25, -0.2) is 62.8 Å². The van der Waals surface area contributed by atoms with Crippen LogP contribution in [0.3, 0.4) is 0 Å². The molecular weight excluding hydrogens is 1600 g/mol. The van der Waals surface area contributed by atoms with Crippen LogP contribution in [0.25, 0.3) is 50.6 Å². The molecule has 8 aliphatic rings. The van der Waals surface area contributed by atoms with Gasteiger partial charge in [0.2, 0.25) is 17.8 Å². The van der Waals surface area contributed by atoms with E-state index in [0.717, 1.165) is 93.1 Å². The SMILES string of the molecule is CN(C)CCN(C)c1ccc(Nc2ncc3c(=O)n4n(c3n2)-c2ccc3c(n2)N(CCCC=CC4)C(=O)CO3)cc1.COC(=O)N1CCN(c2ccc(Nc3ncc4c(=O)n5n(c4n3)-c3ccc4c(n3)N(CCCC=CC5)C(=O)CO4)cc2)CC1.O=C1COc2ccc3nc2N1CCCC=CCn1c(=O)c2cnc(Nc4ccc(N5CCCCC5)cc4)nc2n1-3. The van der Waals surface area contributed by atoms with Crippen molar-refractivity contribution in [2.45, 2.75) is 77.4 Å². The summed E-state index contributed by atoms with van der Waals surface area (Å²) in [5.41, 5.74) is 6.38. The molecule has 20 rings (SSSR count). The highest BCUT2D eigenvalue weighted by atomic mass is 16.5. The van der Waals surface area contributed by atoms with Crippen LogP contribution in [0.5, 0.6) is 17.2 Å². The van der Waals surface area contributed by atoms with Crippen molar-refractivity contribution in [3.8, 4) is 34.7 Å². The lowest BCUT2D eigenvalue weighted by atomic mass is 10.1. The third-order valence-corrected chi connectivity index (χ3v) is 23.0. The maximum atomic E-state index is 13.5. The molecule has 6 bridgehead atoms. The van der Waals surface area contributed by atoms with Gasteiger partial charge in [0.25, 0.3) is 34.4 Å². The number of rotatable bonds is 12. The molecule has 0 unspecified atom stereocenters. The smallest absolute Gasteiger partial charge is 0.409 e. The predicted molar refractivity (Wildman–Crippen MR) is 475 cm³/mol. The average Bonchev–Trinajstić information content (AvgIpc) is 1.57. The molecule has 0 aliphatic carbocycles. The molecule has 4 amide bonds. The van der Waals surface area contributed by atoms with E-state index in [1.165, 1.54) is 38.3 Å². The van der Waals surface area contributed by atoms with Crippen LogP contribution in [0.1, 0.15) is 57.8 Å². The lowest BCUT2D eigenvalue weighted by Crippen LogP contribution is -2.48. The number of nitrogens with zero attached hydrogens (tertiary/aromatic N) is 23. The van der Waals surface area contributed by atoms with Crippen LogP contribution in [0.2, 0.25) is 0 Å². The van der Waals surface area contributed by atoms with E-state index in [1.54, 1.807) is 96.5 Å². The summed E-state index contributed by atoms with van der Waals surface area (Å²) in [6.07, 6.45) is 24.6. The first kappa shape index (κ1) is 81.2. The number of hydrogen-bond donors (Lipinski definition) is 3. The number of fused-ring (bicyclic) bond motifs is 15. The Morgan fingerprint density at radius 1 is 0.400 bits per heavy atom. The van der Waals surface area contributed by atoms with E-state index < -0.39 is 0 Å². The van der Waals surface area contributed by atoms with Gasteiger partial charge in [-0.1, -0.05) is 36.5 Å². The Kier molecular flexibility index (Phi) is 23.2. The Morgan fingerprint density at radius 2 is 0.760 bits per heavy atom. The highest BCUT2D eigenvalue weighted by Gasteiger charge is 2.34. The van der Waals surface area contributed by atoms with Crippen LogP contribution in [0.15, 0.2) is 179 Å². The summed E-state index contributed by atoms with van der Waals surface area (Å²) in [5, 5.41) is 10.9. The number of benzene rings is 3. The topological polar surface area (TPSA) is 364 Å². The lowest BCUT2D eigenvalue weighted by Gasteiger charge is -2.35. The molecule has 2 fully saturated rings. The van der Waals surface area contributed by atoms with Gasteiger partial charge < -0.3 is 59.4 Å². The second kappa shape index (κ2) is 35.7. The molecule has 37 nitrogen and oxygen atoms in total. The molecule has 3 N–H and O–H groups in total. The van der Waals surface area contributed by atoms with Crippen molar-refractivity contribution in [3.63, 3.8) is 0 Å². The minimum atomic E-state index is -0.305. The van der Waals surface area contributed by atoms with Gasteiger partial charge in [-0.2, -0.15) is 15.0 Å². The molecule has 0 saturated carbocycles. The number of methoxy groups -OCH3 is 1. The molecule has 9 aromatic heterocycles. The maximum Gasteiger partial charge on any atom is 0.409 e. The maximum absolute atomic E-state index is 13.5. The fourth-order valence-electron chi connectivity index (χ4n) is 16.3. The minimum absolute atomic E-state index is 0.0116. The highest BCUT2D eigenvalue weighted by molar-refractivity contribution is 5.99. The second-order valence-corrected chi connectivity index (χ2v) is 31.4. The van der Waals surface area contributed by atoms with Crippen LogP contribution in [0.4, 0.5) is 74.2 Å². The van der Waals surface area contributed by atoms with E-state index in [1.807, 2.05) is 97.1 Å². The number of anilines is 12. The van der Waals surface area contributed by atoms with Gasteiger partial charge in [-0.15, -0.1) is 0 Å². The molecule has 2 saturated heterocycles. The van der Waals surface area contributed by atoms with Gasteiger partial charge >= 0.3 is 6.09 Å². The molecule has 3 aromatic carbocycles. The fraction of sp³-hybridized carbons (Fsp3) is 0.341. The average molecular weight is 1690 g/mol. The summed E-state index contributed by atoms with van der Waals surface area (Å²) >= 11 is 0. The Bertz CT molecular complexity index is 6380. The number of pyridine rings is 3. The predicted octanol–water partition coefficient (Wildman–Crippen LogP) is 9.27. The monoisotopic (exact) mass is 1690 g/mol. The Morgan fingerprint density at radius 3 is 1.12 bits per heavy atom. The van der Waals surface area contributed by atoms with Gasteiger partial charge in [0.1, 0.15) is 16.2 Å². The van der Waals surface area contributed by atoms with E-state index in [0.29, 0.717) is 169 Å². The first-order chi connectivity index (χ1) is 61.0. The summed E-state index contributed by atoms with van der Waals surface area (Å²) in [6, 6.07) is 34.9. The van der Waals surface area contributed by atoms with Crippen LogP contribution >= 0.6 is 0 Å². The number of carbonyl (C=O) groups excluding carboxylic acids is 4. The molecule has 37 heteroatoms. The van der Waals surface area contributed by atoms with Crippen molar-refractivity contribution in [1.82, 2.24) is 82.7 Å². The molecule has 0 atom stereocenters. The van der Waals surface area contributed by atoms with Crippen LogP contribution < -0.4 is 76.2 Å². The number of piperidine rings is 1. The zero-order valence-electron chi connectivity index (χ0n) is 69.7. The van der Waals surface area contributed by atoms with Crippen molar-refractivity contribution in [2.24, 2.45) is 0 Å². The first-order valence-corrected chi connectivity index (χ1v) is 42.1. The van der Waals surface area contributed by atoms with Gasteiger partial charge in [0.05, 0.1) is 26.7 Å². The van der Waals surface area contributed by atoms with E-state index >= 15 is 0 Å². The zero-order valence-corrected chi connectivity index (χ0v) is 69.7. The lowest BCUT2D eigenvalue weighted by molar-refractivity contribution is -0.122. The Hall–Kier alpha value is -14.8. The van der Waals surface area contributed by atoms with Crippen molar-refractivity contribution in [2.75, 3.05) is 165 Å². The number of piperazine rings is 1. The standard InChI is InChI=1S/C30H31N9O5.C29H33N9O3.C29H30N8O3/c1-43-30(42)36-16-14-35(15-17-36)21-8-6-20(7-9-21)32-29-31-18-22-26(34-29)39-24-11-10-23-27(33-24)37(25(40)19-44-23)12-4-2-3-5-13-38(39)28(22)41;1-34(2)16-17-35(3)21-10-8-20(9-11-21)31-29-30-18-22-26(33-29)38-24-13-12-23-27(32-24)36(25(39)19-41-23)14-6-4-5-7-15-37(38)28(22)40;38-25-19-40-23-12-13-24-32-27(23)35(25)16-6-1-2-7-17-36-28(39)22-18-30-29(33-26(22)37(24)36)31-20-8-10-21(11-9-20)34-14-4-3-5-15-34/h3,5-11,18H,2,4,12-17,19H2,1H3,(H,31,32,34);5,7-13,18H,4,6,14-17,19H2,1-3H3,(H,30,31,33);2,7-13,18H,1,3-6,14-17,19H2,(H,30,31,33). The first-order valence-electron chi connectivity index (χ1n) is 42.1. The molecule has 0 radical (unpaired) electrons. The van der Waals surface area contributed by atoms with E-state index in [2.05, 4.69) is 83.8 Å². The number of amides is 4. The number of nitrogens with one attached hydrogen (secondary N) is 3. The van der Waals surface area contributed by atoms with Gasteiger partial charge in [0.15, 0.2) is 88.9 Å². The number of likely N-dealkylation sites (N-methyl/N-ethyl adjacent to an activating group) is 2. The van der Waals surface area contributed by atoms with E-state index in [4.69, 9.17) is 48.9 Å². The minimum Gasteiger partial charge on any atom is -0.480 e. The summed E-state index contributed by atoms with van der Waals surface area (Å²) in [7, 11) is 7.59. The number of ether oxygens (including phenoxy) is 4. The quantitative estimate of drug-likeness (QED) is 0.0959. The third-order valence-electron chi connectivity index (χ3n) is 23.0. The van der Waals surface area contributed by atoms with Gasteiger partial charge in [0, 0.05) is 132 Å². The highest BCUT2D eigenvalue weighted by Crippen LogP contribution is 2.37. The van der Waals surface area contributed by atoms with E-state index in [-0.39, 0.29) is 60.3 Å². The van der Waals surface area contributed by atoms with E-state index in [9.17, 15) is 33.6 Å². The largest absolute Gasteiger partial charge is 0.480 e. The van der Waals surface area contributed by atoms with Crippen LogP contribution in [-0.4, -0.2) is 227 Å². The Labute approximate surface area is 716 Å². The summed E-state index contributed by atoms with van der Waals surface area (Å²) < 4.78 is 31.6. The summed E-state index contributed by atoms with van der Waals surface area (Å²) in [5.74, 6) is 4.95. The van der Waals surface area contributed by atoms with Crippen LogP contribution in [0, 0.1) is 0 Å². The van der Waals surface area contributed by atoms with Gasteiger partial charge in [-0.05, 0) is 181 Å². The fourth-order valence-corrected chi connectivity index (χ4v) is 16.3. The van der Waals surface area contributed by atoms with Crippen molar-refractivity contribution < 1.29 is 38.1 Å². The normalized spacial score (nSPS) is 16.2.